The Bertz CT molecular complexity index is 763. The van der Waals surface area contributed by atoms with Crippen LogP contribution in [0.5, 0.6) is 0 Å². The lowest BCUT2D eigenvalue weighted by Gasteiger charge is -2.11. The molecule has 0 aliphatic rings. The number of hydrogen-bond donors (Lipinski definition) is 1. The molecule has 0 bridgehead atoms. The summed E-state index contributed by atoms with van der Waals surface area (Å²) in [4.78, 5) is -0.201. The van der Waals surface area contributed by atoms with E-state index < -0.39 is 15.8 Å². The van der Waals surface area contributed by atoms with Crippen molar-refractivity contribution < 1.29 is 12.8 Å². The molecule has 0 fully saturated rings. The molecule has 0 heterocycles. The van der Waals surface area contributed by atoms with Gasteiger partial charge in [0.25, 0.3) is 10.0 Å². The first kappa shape index (κ1) is 15.1. The second-order valence-electron chi connectivity index (χ2n) is 4.16. The van der Waals surface area contributed by atoms with Crippen LogP contribution in [0, 0.1) is 12.7 Å². The quantitative estimate of drug-likeness (QED) is 0.912. The highest BCUT2D eigenvalue weighted by molar-refractivity contribution is 7.92. The first-order valence-corrected chi connectivity index (χ1v) is 7.77. The number of anilines is 1. The zero-order valence-corrected chi connectivity index (χ0v) is 12.7. The van der Waals surface area contributed by atoms with E-state index in [1.807, 2.05) is 0 Å². The van der Waals surface area contributed by atoms with Gasteiger partial charge in [0.05, 0.1) is 10.7 Å². The van der Waals surface area contributed by atoms with Gasteiger partial charge in [-0.3, -0.25) is 4.72 Å². The van der Waals surface area contributed by atoms with Crippen LogP contribution in [0.4, 0.5) is 10.1 Å². The number of halogens is 3. The topological polar surface area (TPSA) is 46.2 Å². The van der Waals surface area contributed by atoms with Crippen LogP contribution >= 0.6 is 23.2 Å². The molecule has 0 atom stereocenters. The Hall–Kier alpha value is -1.30. The normalized spacial score (nSPS) is 11.4. The summed E-state index contributed by atoms with van der Waals surface area (Å²) in [5.41, 5.74) is 0.585. The summed E-state index contributed by atoms with van der Waals surface area (Å²) in [5, 5.41) is 0.231. The number of hydrogen-bond acceptors (Lipinski definition) is 2. The van der Waals surface area contributed by atoms with Gasteiger partial charge in [0.1, 0.15) is 10.7 Å². The number of nitrogens with one attached hydrogen (secondary N) is 1. The molecule has 0 saturated carbocycles. The van der Waals surface area contributed by atoms with Crippen LogP contribution in [0.25, 0.3) is 0 Å². The van der Waals surface area contributed by atoms with Crippen molar-refractivity contribution >= 4 is 38.9 Å². The van der Waals surface area contributed by atoms with Crippen molar-refractivity contribution in [1.82, 2.24) is 0 Å². The number of rotatable bonds is 3. The molecule has 0 aliphatic carbocycles. The molecule has 2 rings (SSSR count). The molecule has 0 aromatic heterocycles. The largest absolute Gasteiger partial charge is 0.277 e. The van der Waals surface area contributed by atoms with Crippen molar-refractivity contribution in [3.8, 4) is 0 Å². The molecule has 7 heteroatoms. The van der Waals surface area contributed by atoms with E-state index in [9.17, 15) is 12.8 Å². The minimum atomic E-state index is -4.01. The van der Waals surface area contributed by atoms with Crippen molar-refractivity contribution in [1.29, 1.82) is 0 Å². The third kappa shape index (κ3) is 3.23. The van der Waals surface area contributed by atoms with Gasteiger partial charge in [0, 0.05) is 5.02 Å². The molecule has 1 N–H and O–H groups in total. The van der Waals surface area contributed by atoms with E-state index in [2.05, 4.69) is 4.72 Å². The molecular formula is C13H10Cl2FNO2S. The molecule has 2 aromatic carbocycles. The van der Waals surface area contributed by atoms with Crippen LogP contribution in [-0.4, -0.2) is 8.42 Å². The van der Waals surface area contributed by atoms with Gasteiger partial charge in [-0.25, -0.2) is 12.8 Å². The van der Waals surface area contributed by atoms with Crippen molar-refractivity contribution in [2.75, 3.05) is 4.72 Å². The smallest absolute Gasteiger partial charge is 0.263 e. The maximum absolute atomic E-state index is 13.6. The highest BCUT2D eigenvalue weighted by Gasteiger charge is 2.20. The number of benzene rings is 2. The van der Waals surface area contributed by atoms with Crippen LogP contribution in [0.3, 0.4) is 0 Å². The summed E-state index contributed by atoms with van der Waals surface area (Å²) in [7, 11) is -4.01. The molecule has 0 unspecified atom stereocenters. The van der Waals surface area contributed by atoms with E-state index in [0.29, 0.717) is 0 Å². The zero-order valence-electron chi connectivity index (χ0n) is 10.3. The summed E-state index contributed by atoms with van der Waals surface area (Å²) in [6.07, 6.45) is 0. The lowest BCUT2D eigenvalue weighted by Crippen LogP contribution is -2.14. The molecule has 0 spiro atoms. The predicted molar refractivity (Wildman–Crippen MR) is 78.4 cm³/mol. The summed E-state index contributed by atoms with van der Waals surface area (Å²) >= 11 is 11.6. The van der Waals surface area contributed by atoms with Gasteiger partial charge in [-0.15, -0.1) is 0 Å². The summed E-state index contributed by atoms with van der Waals surface area (Å²) in [6, 6.07) is 8.17. The van der Waals surface area contributed by atoms with Gasteiger partial charge < -0.3 is 0 Å². The maximum Gasteiger partial charge on any atom is 0.263 e. The summed E-state index contributed by atoms with van der Waals surface area (Å²) < 4.78 is 40.2. The Kier molecular flexibility index (Phi) is 4.22. The van der Waals surface area contributed by atoms with Gasteiger partial charge in [-0.05, 0) is 42.8 Å². The van der Waals surface area contributed by atoms with Crippen molar-refractivity contribution in [2.45, 2.75) is 11.8 Å². The van der Waals surface area contributed by atoms with E-state index in [4.69, 9.17) is 23.2 Å². The first-order valence-electron chi connectivity index (χ1n) is 5.53. The fourth-order valence-electron chi connectivity index (χ4n) is 1.60. The second kappa shape index (κ2) is 5.60. The van der Waals surface area contributed by atoms with Crippen LogP contribution in [0.1, 0.15) is 5.56 Å². The van der Waals surface area contributed by atoms with E-state index >= 15 is 0 Å². The van der Waals surface area contributed by atoms with E-state index in [0.717, 1.165) is 5.56 Å². The Morgan fingerprint density at radius 2 is 1.80 bits per heavy atom. The van der Waals surface area contributed by atoms with E-state index in [-0.39, 0.29) is 20.6 Å². The highest BCUT2D eigenvalue weighted by atomic mass is 35.5. The van der Waals surface area contributed by atoms with Gasteiger partial charge in [-0.2, -0.15) is 0 Å². The fraction of sp³-hybridized carbons (Fsp3) is 0.0769. The monoisotopic (exact) mass is 333 g/mol. The highest BCUT2D eigenvalue weighted by Crippen LogP contribution is 2.27. The molecule has 3 nitrogen and oxygen atoms in total. The van der Waals surface area contributed by atoms with Crippen LogP contribution in [-0.2, 0) is 10.0 Å². The maximum atomic E-state index is 13.6. The molecule has 106 valence electrons. The van der Waals surface area contributed by atoms with Gasteiger partial charge in [0.15, 0.2) is 0 Å². The SMILES string of the molecule is Cc1ccc(F)c(NS(=O)(=O)c2cc(Cl)ccc2Cl)c1. The summed E-state index contributed by atoms with van der Waals surface area (Å²) in [6.45, 7) is 1.73. The number of sulfonamides is 1. The van der Waals surface area contributed by atoms with Crippen molar-refractivity contribution in [2.24, 2.45) is 0 Å². The van der Waals surface area contributed by atoms with Crippen LogP contribution in [0.15, 0.2) is 41.3 Å². The Morgan fingerprint density at radius 3 is 2.50 bits per heavy atom. The average Bonchev–Trinajstić information content (AvgIpc) is 2.36. The van der Waals surface area contributed by atoms with E-state index in [1.165, 1.54) is 30.3 Å². The predicted octanol–water partition coefficient (Wildman–Crippen LogP) is 4.24. The van der Waals surface area contributed by atoms with Crippen LogP contribution in [0.2, 0.25) is 10.0 Å². The lowest BCUT2D eigenvalue weighted by atomic mass is 10.2. The Balaban J connectivity index is 2.46. The lowest BCUT2D eigenvalue weighted by molar-refractivity contribution is 0.598. The van der Waals surface area contributed by atoms with Crippen molar-refractivity contribution in [3.05, 3.63) is 57.8 Å². The molecular weight excluding hydrogens is 324 g/mol. The van der Waals surface area contributed by atoms with Gasteiger partial charge in [-0.1, -0.05) is 29.3 Å². The molecule has 0 aliphatic heterocycles. The fourth-order valence-corrected chi connectivity index (χ4v) is 3.42. The summed E-state index contributed by atoms with van der Waals surface area (Å²) in [5.74, 6) is -0.669. The van der Waals surface area contributed by atoms with Crippen LogP contribution < -0.4 is 4.72 Å². The first-order chi connectivity index (χ1) is 9.29. The molecule has 2 aromatic rings. The number of aryl methyl sites for hydroxylation is 1. The molecule has 20 heavy (non-hydrogen) atoms. The van der Waals surface area contributed by atoms with E-state index in [1.54, 1.807) is 13.0 Å². The zero-order chi connectivity index (χ0) is 14.9. The third-order valence-corrected chi connectivity index (χ3v) is 4.63. The Labute approximate surface area is 126 Å². The minimum absolute atomic E-state index is 0.00922. The Morgan fingerprint density at radius 1 is 1.10 bits per heavy atom. The standard InChI is InChI=1S/C13H10Cl2FNO2S/c1-8-2-5-11(16)12(6-8)17-20(18,19)13-7-9(14)3-4-10(13)15/h2-7,17H,1H3. The minimum Gasteiger partial charge on any atom is -0.277 e. The molecule has 0 saturated heterocycles. The second-order valence-corrected chi connectivity index (χ2v) is 6.66. The average molecular weight is 334 g/mol. The van der Waals surface area contributed by atoms with Crippen molar-refractivity contribution in [3.63, 3.8) is 0 Å². The third-order valence-electron chi connectivity index (χ3n) is 2.55. The molecule has 0 amide bonds. The van der Waals surface area contributed by atoms with Gasteiger partial charge in [0.2, 0.25) is 0 Å². The van der Waals surface area contributed by atoms with Gasteiger partial charge >= 0.3 is 0 Å². The molecule has 0 radical (unpaired) electrons.